The first kappa shape index (κ1) is 21.6. The SMILES string of the molecule is CNS(=O)(=O)c1ccc(/C=C/C(=O)Nc2ccc(C)c(NS(C)(=O)=O)c2)cc1. The van der Waals surface area contributed by atoms with E-state index in [1.54, 1.807) is 31.2 Å². The zero-order chi connectivity index (χ0) is 20.9. The second-order valence-corrected chi connectivity index (χ2v) is 9.64. The molecule has 0 radical (unpaired) electrons. The van der Waals surface area contributed by atoms with Gasteiger partial charge in [0.05, 0.1) is 16.8 Å². The summed E-state index contributed by atoms with van der Waals surface area (Å²) in [5.41, 5.74) is 2.18. The van der Waals surface area contributed by atoms with Gasteiger partial charge in [-0.15, -0.1) is 0 Å². The van der Waals surface area contributed by atoms with Gasteiger partial charge in [-0.3, -0.25) is 9.52 Å². The molecular weight excluding hydrogens is 402 g/mol. The quantitative estimate of drug-likeness (QED) is 0.588. The van der Waals surface area contributed by atoms with Crippen LogP contribution >= 0.6 is 0 Å². The molecule has 0 aliphatic carbocycles. The van der Waals surface area contributed by atoms with Crippen LogP contribution in [0.3, 0.4) is 0 Å². The predicted octanol–water partition coefficient (Wildman–Crippen LogP) is 1.93. The minimum atomic E-state index is -3.51. The van der Waals surface area contributed by atoms with Crippen LogP contribution in [-0.2, 0) is 24.8 Å². The number of sulfonamides is 2. The highest BCUT2D eigenvalue weighted by Crippen LogP contribution is 2.21. The van der Waals surface area contributed by atoms with Crippen molar-refractivity contribution in [3.05, 3.63) is 59.7 Å². The van der Waals surface area contributed by atoms with Crippen molar-refractivity contribution in [2.45, 2.75) is 11.8 Å². The average Bonchev–Trinajstić information content (AvgIpc) is 2.62. The molecule has 0 atom stereocenters. The fourth-order valence-corrected chi connectivity index (χ4v) is 3.59. The molecule has 0 unspecified atom stereocenters. The van der Waals surface area contributed by atoms with Crippen LogP contribution in [0.25, 0.3) is 6.08 Å². The number of rotatable bonds is 7. The third kappa shape index (κ3) is 6.19. The van der Waals surface area contributed by atoms with Gasteiger partial charge in [-0.2, -0.15) is 0 Å². The molecule has 2 aromatic rings. The van der Waals surface area contributed by atoms with Crippen LogP contribution in [0, 0.1) is 6.92 Å². The van der Waals surface area contributed by atoms with E-state index in [1.165, 1.54) is 37.4 Å². The van der Waals surface area contributed by atoms with Crippen molar-refractivity contribution in [3.63, 3.8) is 0 Å². The van der Waals surface area contributed by atoms with Crippen molar-refractivity contribution in [2.75, 3.05) is 23.3 Å². The van der Waals surface area contributed by atoms with E-state index in [9.17, 15) is 21.6 Å². The molecule has 0 aliphatic rings. The number of carbonyl (C=O) groups is 1. The maximum atomic E-state index is 12.1. The number of amides is 1. The van der Waals surface area contributed by atoms with Gasteiger partial charge >= 0.3 is 0 Å². The Morgan fingerprint density at radius 1 is 1.00 bits per heavy atom. The zero-order valence-electron chi connectivity index (χ0n) is 15.6. The zero-order valence-corrected chi connectivity index (χ0v) is 17.2. The van der Waals surface area contributed by atoms with Crippen molar-refractivity contribution >= 4 is 43.4 Å². The van der Waals surface area contributed by atoms with Gasteiger partial charge in [0, 0.05) is 11.8 Å². The Bertz CT molecular complexity index is 1110. The van der Waals surface area contributed by atoms with E-state index < -0.39 is 26.0 Å². The molecule has 1 amide bonds. The molecule has 0 bridgehead atoms. The molecule has 2 aromatic carbocycles. The summed E-state index contributed by atoms with van der Waals surface area (Å²) >= 11 is 0. The Morgan fingerprint density at radius 3 is 2.21 bits per heavy atom. The second kappa shape index (κ2) is 8.55. The lowest BCUT2D eigenvalue weighted by molar-refractivity contribution is -0.111. The van der Waals surface area contributed by atoms with Crippen LogP contribution in [-0.4, -0.2) is 36.0 Å². The average molecular weight is 424 g/mol. The van der Waals surface area contributed by atoms with Crippen molar-refractivity contribution in [1.82, 2.24) is 4.72 Å². The van der Waals surface area contributed by atoms with Crippen molar-refractivity contribution in [1.29, 1.82) is 0 Å². The number of hydrogen-bond acceptors (Lipinski definition) is 5. The minimum Gasteiger partial charge on any atom is -0.322 e. The van der Waals surface area contributed by atoms with Crippen molar-refractivity contribution in [2.24, 2.45) is 0 Å². The number of anilines is 2. The van der Waals surface area contributed by atoms with Crippen LogP contribution in [0.2, 0.25) is 0 Å². The van der Waals surface area contributed by atoms with Crippen LogP contribution in [0.4, 0.5) is 11.4 Å². The molecule has 28 heavy (non-hydrogen) atoms. The lowest BCUT2D eigenvalue weighted by Crippen LogP contribution is -2.18. The number of carbonyl (C=O) groups excluding carboxylic acids is 1. The van der Waals surface area contributed by atoms with Crippen LogP contribution in [0.15, 0.2) is 53.4 Å². The van der Waals surface area contributed by atoms with E-state index in [0.29, 0.717) is 16.9 Å². The first-order chi connectivity index (χ1) is 13.0. The van der Waals surface area contributed by atoms with Gasteiger partial charge < -0.3 is 5.32 Å². The maximum Gasteiger partial charge on any atom is 0.248 e. The second-order valence-electron chi connectivity index (χ2n) is 6.00. The normalized spacial score (nSPS) is 12.1. The van der Waals surface area contributed by atoms with Crippen LogP contribution in [0.5, 0.6) is 0 Å². The summed E-state index contributed by atoms with van der Waals surface area (Å²) in [6, 6.07) is 10.9. The predicted molar refractivity (Wildman–Crippen MR) is 110 cm³/mol. The van der Waals surface area contributed by atoms with E-state index in [-0.39, 0.29) is 4.90 Å². The Labute approximate surface area is 164 Å². The molecule has 0 saturated heterocycles. The van der Waals surface area contributed by atoms with E-state index in [4.69, 9.17) is 0 Å². The summed E-state index contributed by atoms with van der Waals surface area (Å²) in [7, 11) is -5.61. The summed E-state index contributed by atoms with van der Waals surface area (Å²) in [5.74, 6) is -0.416. The van der Waals surface area contributed by atoms with Gasteiger partial charge in [0.2, 0.25) is 26.0 Å². The Kier molecular flexibility index (Phi) is 6.60. The highest BCUT2D eigenvalue weighted by Gasteiger charge is 2.10. The van der Waals surface area contributed by atoms with Gasteiger partial charge in [-0.05, 0) is 55.4 Å². The molecule has 8 nitrogen and oxygen atoms in total. The summed E-state index contributed by atoms with van der Waals surface area (Å²) < 4.78 is 50.8. The maximum absolute atomic E-state index is 12.1. The van der Waals surface area contributed by atoms with Crippen molar-refractivity contribution < 1.29 is 21.6 Å². The largest absolute Gasteiger partial charge is 0.322 e. The van der Waals surface area contributed by atoms with Gasteiger partial charge in [0.15, 0.2) is 0 Å². The fourth-order valence-electron chi connectivity index (χ4n) is 2.24. The molecule has 0 spiro atoms. The number of aryl methyl sites for hydroxylation is 1. The Morgan fingerprint density at radius 2 is 1.64 bits per heavy atom. The molecule has 0 saturated carbocycles. The first-order valence-electron chi connectivity index (χ1n) is 8.11. The molecule has 0 aromatic heterocycles. The molecule has 2 rings (SSSR count). The van der Waals surface area contributed by atoms with Crippen LogP contribution < -0.4 is 14.8 Å². The lowest BCUT2D eigenvalue weighted by Gasteiger charge is -2.10. The number of benzene rings is 2. The third-order valence-corrected chi connectivity index (χ3v) is 5.71. The summed E-state index contributed by atoms with van der Waals surface area (Å²) in [4.78, 5) is 12.2. The van der Waals surface area contributed by atoms with Gasteiger partial charge in [0.1, 0.15) is 0 Å². The molecule has 0 aliphatic heterocycles. The topological polar surface area (TPSA) is 121 Å². The summed E-state index contributed by atoms with van der Waals surface area (Å²) in [6.45, 7) is 1.75. The first-order valence-corrected chi connectivity index (χ1v) is 11.5. The molecule has 0 fully saturated rings. The minimum absolute atomic E-state index is 0.127. The molecule has 0 heterocycles. The standard InChI is InChI=1S/C18H21N3O5S2/c1-13-4-8-15(12-17(13)21-27(3,23)24)20-18(22)11-7-14-5-9-16(10-6-14)28(25,26)19-2/h4-12,19,21H,1-3H3,(H,20,22)/b11-7+. The fraction of sp³-hybridized carbons (Fsp3) is 0.167. The molecule has 150 valence electrons. The number of nitrogens with one attached hydrogen (secondary N) is 3. The summed E-state index contributed by atoms with van der Waals surface area (Å²) in [5, 5.41) is 2.64. The van der Waals surface area contributed by atoms with Crippen LogP contribution in [0.1, 0.15) is 11.1 Å². The highest BCUT2D eigenvalue weighted by atomic mass is 32.2. The highest BCUT2D eigenvalue weighted by molar-refractivity contribution is 7.92. The van der Waals surface area contributed by atoms with E-state index in [2.05, 4.69) is 14.8 Å². The lowest BCUT2D eigenvalue weighted by atomic mass is 10.2. The monoisotopic (exact) mass is 423 g/mol. The molecular formula is C18H21N3O5S2. The van der Waals surface area contributed by atoms with Gasteiger partial charge in [0.25, 0.3) is 0 Å². The third-order valence-electron chi connectivity index (χ3n) is 3.69. The number of hydrogen-bond donors (Lipinski definition) is 3. The summed E-state index contributed by atoms with van der Waals surface area (Å²) in [6.07, 6.45) is 3.88. The van der Waals surface area contributed by atoms with Crippen molar-refractivity contribution in [3.8, 4) is 0 Å². The van der Waals surface area contributed by atoms with E-state index >= 15 is 0 Å². The smallest absolute Gasteiger partial charge is 0.248 e. The van der Waals surface area contributed by atoms with Gasteiger partial charge in [-0.25, -0.2) is 21.6 Å². The molecule has 3 N–H and O–H groups in total. The Balaban J connectivity index is 2.09. The Hall–Kier alpha value is -2.69. The van der Waals surface area contributed by atoms with E-state index in [1.807, 2.05) is 0 Å². The molecule has 10 heteroatoms. The van der Waals surface area contributed by atoms with Gasteiger partial charge in [-0.1, -0.05) is 18.2 Å². The van der Waals surface area contributed by atoms with E-state index in [0.717, 1.165) is 11.8 Å².